The number of carbonyl (C=O) groups is 1. The second-order valence-electron chi connectivity index (χ2n) is 5.89. The first-order chi connectivity index (χ1) is 11.8. The summed E-state index contributed by atoms with van der Waals surface area (Å²) in [7, 11) is 2.08. The van der Waals surface area contributed by atoms with E-state index in [2.05, 4.69) is 17.1 Å². The molecule has 1 aromatic rings. The van der Waals surface area contributed by atoms with Crippen molar-refractivity contribution in [3.63, 3.8) is 0 Å². The fraction of sp³-hybridized carbons (Fsp3) is 0.588. The number of hydrogen-bond acceptors (Lipinski definition) is 4. The molecule has 2 fully saturated rings. The molecule has 21 heavy (non-hydrogen) atoms. The van der Waals surface area contributed by atoms with Crippen molar-refractivity contribution in [1.29, 1.82) is 1.43 Å². The summed E-state index contributed by atoms with van der Waals surface area (Å²) in [6.45, 7) is -2.84. The lowest BCUT2D eigenvalue weighted by molar-refractivity contribution is -0.155. The fourth-order valence-corrected chi connectivity index (χ4v) is 3.49. The number of carbonyl (C=O) groups excluding carboxylic acids is 1. The quantitative estimate of drug-likeness (QED) is 0.844. The van der Waals surface area contributed by atoms with Gasteiger partial charge in [0.2, 0.25) is 1.43 Å². The fourth-order valence-electron chi connectivity index (χ4n) is 3.49. The van der Waals surface area contributed by atoms with E-state index < -0.39 is 18.4 Å². The van der Waals surface area contributed by atoms with Gasteiger partial charge in [-0.05, 0) is 38.3 Å². The maximum Gasteiger partial charge on any atom is 0.316 e. The predicted octanol–water partition coefficient (Wildman–Crippen LogP) is 1.93. The van der Waals surface area contributed by atoms with Gasteiger partial charge in [0.1, 0.15) is 12.0 Å². The zero-order valence-electron chi connectivity index (χ0n) is 16.1. The average Bonchev–Trinajstić information content (AvgIpc) is 2.83. The maximum absolute atomic E-state index is 12.8. The van der Waals surface area contributed by atoms with E-state index in [-0.39, 0.29) is 11.7 Å². The summed E-state index contributed by atoms with van der Waals surface area (Å²) >= 11 is 0. The molecule has 0 radical (unpaired) electrons. The molecular weight excluding hydrogens is 266 g/mol. The number of ether oxygens (including phenoxy) is 1. The summed E-state index contributed by atoms with van der Waals surface area (Å²) in [5.74, 6) is -3.47. The average molecular weight is 297 g/mol. The van der Waals surface area contributed by atoms with Crippen LogP contribution in [-0.2, 0) is 9.53 Å². The van der Waals surface area contributed by atoms with Gasteiger partial charge < -0.3 is 14.7 Å². The van der Waals surface area contributed by atoms with Crippen LogP contribution in [0.3, 0.4) is 0 Å². The number of rotatable bonds is 5. The summed E-state index contributed by atoms with van der Waals surface area (Å²) in [4.78, 5) is 15.1. The SMILES string of the molecule is [3H]OC([3H])([3H])C([3H])(C(=O)OC1CC2CCC(C1)N2C)c1ccccc1. The lowest BCUT2D eigenvalue weighted by Crippen LogP contribution is -2.43. The molecule has 4 nitrogen and oxygen atoms in total. The van der Waals surface area contributed by atoms with Crippen LogP contribution in [0.5, 0.6) is 0 Å². The lowest BCUT2D eigenvalue weighted by Gasteiger charge is -2.36. The highest BCUT2D eigenvalue weighted by Crippen LogP contribution is 2.36. The molecule has 2 heterocycles. The smallest absolute Gasteiger partial charge is 0.316 e. The van der Waals surface area contributed by atoms with E-state index in [1.807, 2.05) is 0 Å². The van der Waals surface area contributed by atoms with Crippen LogP contribution in [0, 0.1) is 0 Å². The topological polar surface area (TPSA) is 49.8 Å². The van der Waals surface area contributed by atoms with Crippen molar-refractivity contribution in [3.05, 3.63) is 35.9 Å². The van der Waals surface area contributed by atoms with Crippen molar-refractivity contribution in [2.45, 2.75) is 49.8 Å². The van der Waals surface area contributed by atoms with Crippen LogP contribution < -0.4 is 0 Å². The van der Waals surface area contributed by atoms with Crippen LogP contribution >= 0.6 is 0 Å². The predicted molar refractivity (Wildman–Crippen MR) is 80.0 cm³/mol. The highest BCUT2D eigenvalue weighted by molar-refractivity contribution is 5.78. The molecule has 2 aliphatic rings. The third-order valence-electron chi connectivity index (χ3n) is 4.70. The normalized spacial score (nSPS) is 35.0. The molecule has 0 aliphatic carbocycles. The number of hydrogen-bond donors (Lipinski definition) is 1. The van der Waals surface area contributed by atoms with E-state index in [1.165, 1.54) is 12.1 Å². The van der Waals surface area contributed by atoms with Gasteiger partial charge >= 0.3 is 5.97 Å². The summed E-state index contributed by atoms with van der Waals surface area (Å²) < 4.78 is 36.9. The molecule has 4 heteroatoms. The van der Waals surface area contributed by atoms with E-state index in [1.54, 1.807) is 18.2 Å². The molecule has 3 atom stereocenters. The van der Waals surface area contributed by atoms with Gasteiger partial charge in [-0.3, -0.25) is 4.79 Å². The zero-order chi connectivity index (χ0) is 18.2. The number of piperidine rings is 1. The molecule has 2 aliphatic heterocycles. The Labute approximate surface area is 131 Å². The summed E-state index contributed by atoms with van der Waals surface area (Å²) in [6.07, 6.45) is 3.17. The van der Waals surface area contributed by atoms with Crippen molar-refractivity contribution in [2.24, 2.45) is 0 Å². The minimum absolute atomic E-state index is 0.105. The van der Waals surface area contributed by atoms with Gasteiger partial charge in [0, 0.05) is 13.5 Å². The first kappa shape index (κ1) is 10.4. The van der Waals surface area contributed by atoms with Gasteiger partial charge in [-0.15, -0.1) is 0 Å². The van der Waals surface area contributed by atoms with Gasteiger partial charge in [-0.25, -0.2) is 0 Å². The number of nitrogens with zero attached hydrogens (tertiary/aromatic N) is 1. The molecule has 0 amide bonds. The van der Waals surface area contributed by atoms with Crippen LogP contribution in [0.1, 0.15) is 41.3 Å². The Hall–Kier alpha value is -1.39. The standard InChI is InChI=1S/C17H23NO3/c1-18-13-7-8-14(18)10-15(9-13)21-17(20)16(11-19)12-5-3-2-4-6-12/h2-6,13-16,19H,7-11H2,1H3/i11T2,16T,19T. The summed E-state index contributed by atoms with van der Waals surface area (Å²) in [5, 5.41) is 4.13. The van der Waals surface area contributed by atoms with Crippen molar-refractivity contribution >= 4 is 5.97 Å². The maximum atomic E-state index is 12.8. The molecule has 0 spiro atoms. The van der Waals surface area contributed by atoms with Crippen molar-refractivity contribution in [3.8, 4) is 0 Å². The van der Waals surface area contributed by atoms with E-state index in [9.17, 15) is 4.79 Å². The van der Waals surface area contributed by atoms with Crippen molar-refractivity contribution < 1.29 is 18.8 Å². The number of aliphatic hydroxyl groups is 1. The van der Waals surface area contributed by atoms with Gasteiger partial charge in [0.15, 0.2) is 0 Å². The molecule has 1 aromatic carbocycles. The van der Waals surface area contributed by atoms with Crippen molar-refractivity contribution in [2.75, 3.05) is 13.6 Å². The summed E-state index contributed by atoms with van der Waals surface area (Å²) in [6, 6.07) is 8.60. The van der Waals surface area contributed by atoms with Crippen LogP contribution in [-0.4, -0.2) is 49.2 Å². The number of benzene rings is 1. The molecule has 0 aromatic heterocycles. The monoisotopic (exact) mass is 297 g/mol. The second kappa shape index (κ2) is 6.16. The number of fused-ring (bicyclic) bond motifs is 2. The van der Waals surface area contributed by atoms with Crippen molar-refractivity contribution in [1.82, 2.24) is 4.90 Å². The van der Waals surface area contributed by atoms with E-state index in [0.717, 1.165) is 12.8 Å². The molecule has 2 bridgehead atoms. The Morgan fingerprint density at radius 1 is 1.48 bits per heavy atom. The van der Waals surface area contributed by atoms with Crippen LogP contribution in [0.4, 0.5) is 0 Å². The molecule has 1 N–H and O–H groups in total. The Bertz CT molecular complexity index is 616. The number of esters is 1. The second-order valence-corrected chi connectivity index (χ2v) is 5.89. The van der Waals surface area contributed by atoms with Crippen LogP contribution in [0.2, 0.25) is 0 Å². The highest BCUT2D eigenvalue weighted by atomic mass is 16.5. The molecule has 2 saturated heterocycles. The molecule has 3 unspecified atom stereocenters. The van der Waals surface area contributed by atoms with E-state index in [0.29, 0.717) is 24.9 Å². The first-order valence-corrected chi connectivity index (χ1v) is 7.42. The van der Waals surface area contributed by atoms with E-state index in [4.69, 9.17) is 10.3 Å². The van der Waals surface area contributed by atoms with Crippen LogP contribution in [0.25, 0.3) is 0 Å². The molecule has 0 saturated carbocycles. The van der Waals surface area contributed by atoms with Crippen LogP contribution in [0.15, 0.2) is 30.3 Å². The van der Waals surface area contributed by atoms with Gasteiger partial charge in [0.25, 0.3) is 0 Å². The Morgan fingerprint density at radius 3 is 2.76 bits per heavy atom. The van der Waals surface area contributed by atoms with Gasteiger partial charge in [-0.1, -0.05) is 30.3 Å². The third-order valence-corrected chi connectivity index (χ3v) is 4.70. The van der Waals surface area contributed by atoms with E-state index >= 15 is 0 Å². The molecule has 3 rings (SSSR count). The molecular formula is C17H23NO3. The lowest BCUT2D eigenvalue weighted by atomic mass is 9.98. The first-order valence-electron chi connectivity index (χ1n) is 9.33. The third kappa shape index (κ3) is 2.97. The molecule has 114 valence electrons. The minimum Gasteiger partial charge on any atom is -0.462 e. The largest absolute Gasteiger partial charge is 0.462 e. The highest BCUT2D eigenvalue weighted by Gasteiger charge is 2.40. The Kier molecular flexibility index (Phi) is 3.04. The van der Waals surface area contributed by atoms with Gasteiger partial charge in [-0.2, -0.15) is 0 Å². The van der Waals surface area contributed by atoms with Gasteiger partial charge in [0.05, 0.1) is 9.30 Å². The minimum atomic E-state index is -2.84. The Balaban J connectivity index is 1.83. The summed E-state index contributed by atoms with van der Waals surface area (Å²) in [5.41, 5.74) is 0.105. The zero-order valence-corrected chi connectivity index (χ0v) is 12.1. The Morgan fingerprint density at radius 2 is 2.14 bits per heavy atom.